The first kappa shape index (κ1) is 16.6. The smallest absolute Gasteiger partial charge is 0.387 e. The Morgan fingerprint density at radius 2 is 1.72 bits per heavy atom. The maximum absolute atomic E-state index is 12.1. The number of carbonyl (C=O) groups is 1. The molecule has 0 N–H and O–H groups in total. The predicted molar refractivity (Wildman–Crippen MR) is 82.6 cm³/mol. The fourth-order valence-electron chi connectivity index (χ4n) is 2.05. The highest BCUT2D eigenvalue weighted by Gasteiger charge is 2.10. The fourth-order valence-corrected chi connectivity index (χ4v) is 2.05. The van der Waals surface area contributed by atoms with Crippen LogP contribution >= 0.6 is 0 Å². The summed E-state index contributed by atoms with van der Waals surface area (Å²) in [4.78, 5) is 12.1. The number of halogens is 2. The Balaban J connectivity index is 1.56. The van der Waals surface area contributed by atoms with Gasteiger partial charge in [-0.1, -0.05) is 0 Å². The Hall–Kier alpha value is -3.29. The van der Waals surface area contributed by atoms with Crippen molar-refractivity contribution in [1.82, 2.24) is 10.2 Å². The number of aromatic nitrogens is 2. The van der Waals surface area contributed by atoms with Crippen molar-refractivity contribution in [1.29, 1.82) is 0 Å². The molecule has 3 rings (SSSR count). The first-order chi connectivity index (χ1) is 12.1. The molecule has 0 atom stereocenters. The lowest BCUT2D eigenvalue weighted by molar-refractivity contribution is -0.0498. The zero-order valence-electron chi connectivity index (χ0n) is 12.8. The summed E-state index contributed by atoms with van der Waals surface area (Å²) in [5, 5.41) is 7.38. The number of ketones is 1. The number of alkyl halides is 2. The average Bonchev–Trinajstić information content (AvgIpc) is 3.15. The number of carbonyl (C=O) groups excluding carboxylic acids is 1. The minimum absolute atomic E-state index is 0.0101. The molecule has 0 fully saturated rings. The molecule has 0 aliphatic carbocycles. The molecule has 0 amide bonds. The fraction of sp³-hybridized carbons (Fsp3) is 0.118. The molecule has 6 nitrogen and oxygen atoms in total. The third kappa shape index (κ3) is 4.37. The Morgan fingerprint density at radius 1 is 1.04 bits per heavy atom. The van der Waals surface area contributed by atoms with Gasteiger partial charge in [-0.15, -0.1) is 10.2 Å². The van der Waals surface area contributed by atoms with Crippen LogP contribution in [0.25, 0.3) is 11.5 Å². The lowest BCUT2D eigenvalue weighted by Crippen LogP contribution is -2.11. The Bertz CT molecular complexity index is 819. The summed E-state index contributed by atoms with van der Waals surface area (Å²) in [5.41, 5.74) is 1.06. The molecule has 0 saturated heterocycles. The molecule has 0 saturated carbocycles. The molecule has 3 aromatic rings. The van der Waals surface area contributed by atoms with Crippen molar-refractivity contribution in [2.75, 3.05) is 6.61 Å². The van der Waals surface area contributed by atoms with Gasteiger partial charge in [0.25, 0.3) is 0 Å². The molecule has 0 aliphatic rings. The van der Waals surface area contributed by atoms with E-state index in [4.69, 9.17) is 9.15 Å². The summed E-state index contributed by atoms with van der Waals surface area (Å²) >= 11 is 0. The van der Waals surface area contributed by atoms with Crippen LogP contribution in [0.2, 0.25) is 0 Å². The van der Waals surface area contributed by atoms with E-state index in [9.17, 15) is 13.6 Å². The van der Waals surface area contributed by atoms with Crippen LogP contribution < -0.4 is 9.47 Å². The van der Waals surface area contributed by atoms with Gasteiger partial charge in [0.15, 0.2) is 12.4 Å². The van der Waals surface area contributed by atoms with E-state index >= 15 is 0 Å². The first-order valence-electron chi connectivity index (χ1n) is 7.19. The summed E-state index contributed by atoms with van der Waals surface area (Å²) in [6, 6.07) is 12.2. The highest BCUT2D eigenvalue weighted by atomic mass is 19.3. The monoisotopic (exact) mass is 346 g/mol. The van der Waals surface area contributed by atoms with Gasteiger partial charge in [-0.05, 0) is 48.5 Å². The van der Waals surface area contributed by atoms with E-state index in [1.54, 1.807) is 24.3 Å². The van der Waals surface area contributed by atoms with Crippen LogP contribution in [0.4, 0.5) is 8.78 Å². The number of rotatable bonds is 7. The number of nitrogens with zero attached hydrogens (tertiary/aromatic N) is 2. The predicted octanol–water partition coefficient (Wildman–Crippen LogP) is 3.60. The van der Waals surface area contributed by atoms with E-state index in [0.717, 1.165) is 5.56 Å². The Kier molecular flexibility index (Phi) is 4.98. The molecule has 0 bridgehead atoms. The van der Waals surface area contributed by atoms with Gasteiger partial charge in [-0.3, -0.25) is 4.79 Å². The Labute approximate surface area is 141 Å². The second kappa shape index (κ2) is 7.52. The highest BCUT2D eigenvalue weighted by Crippen LogP contribution is 2.20. The lowest BCUT2D eigenvalue weighted by atomic mass is 10.1. The van der Waals surface area contributed by atoms with Crippen LogP contribution in [0.1, 0.15) is 10.4 Å². The van der Waals surface area contributed by atoms with Gasteiger partial charge >= 0.3 is 6.61 Å². The van der Waals surface area contributed by atoms with Gasteiger partial charge in [-0.2, -0.15) is 8.78 Å². The van der Waals surface area contributed by atoms with Crippen molar-refractivity contribution in [2.45, 2.75) is 6.61 Å². The van der Waals surface area contributed by atoms with Crippen molar-refractivity contribution < 1.29 is 27.5 Å². The Morgan fingerprint density at radius 3 is 2.32 bits per heavy atom. The molecule has 0 unspecified atom stereocenters. The van der Waals surface area contributed by atoms with E-state index < -0.39 is 6.61 Å². The molecule has 25 heavy (non-hydrogen) atoms. The van der Waals surface area contributed by atoms with Crippen LogP contribution in [0, 0.1) is 0 Å². The van der Waals surface area contributed by atoms with Gasteiger partial charge in [-0.25, -0.2) is 0 Å². The number of ether oxygens (including phenoxy) is 2. The van der Waals surface area contributed by atoms with Crippen LogP contribution in [0.3, 0.4) is 0 Å². The lowest BCUT2D eigenvalue weighted by Gasteiger charge is -2.07. The second-order valence-electron chi connectivity index (χ2n) is 4.88. The summed E-state index contributed by atoms with van der Waals surface area (Å²) in [6.45, 7) is -3.09. The third-order valence-electron chi connectivity index (χ3n) is 3.23. The van der Waals surface area contributed by atoms with Gasteiger partial charge < -0.3 is 13.9 Å². The van der Waals surface area contributed by atoms with Crippen molar-refractivity contribution in [3.05, 3.63) is 60.5 Å². The molecule has 0 aliphatic heterocycles. The normalized spacial score (nSPS) is 10.7. The number of hydrogen-bond donors (Lipinski definition) is 0. The molecule has 2 aromatic carbocycles. The van der Waals surface area contributed by atoms with E-state index in [1.807, 2.05) is 0 Å². The molecular formula is C17H12F2N2O4. The highest BCUT2D eigenvalue weighted by molar-refractivity contribution is 5.97. The summed E-state index contributed by atoms with van der Waals surface area (Å²) < 4.78 is 38.9. The standard InChI is InChI=1S/C17H12F2N2O4/c18-17(19)25-14-7-1-11(2-8-14)15(22)9-23-13-5-3-12(4-6-13)16-21-20-10-24-16/h1-8,10,17H,9H2. The molecule has 0 radical (unpaired) electrons. The zero-order chi connectivity index (χ0) is 17.6. The number of benzene rings is 2. The first-order valence-corrected chi connectivity index (χ1v) is 7.19. The molecule has 128 valence electrons. The van der Waals surface area contributed by atoms with Crippen LogP contribution in [0.5, 0.6) is 11.5 Å². The summed E-state index contributed by atoms with van der Waals surface area (Å²) in [7, 11) is 0. The quantitative estimate of drug-likeness (QED) is 0.609. The number of Topliss-reactive ketones (excluding diaryl/α,β-unsaturated/α-hetero) is 1. The maximum atomic E-state index is 12.1. The minimum atomic E-state index is -2.90. The van der Waals surface area contributed by atoms with E-state index in [-0.39, 0.29) is 18.1 Å². The topological polar surface area (TPSA) is 74.5 Å². The maximum Gasteiger partial charge on any atom is 0.387 e. The van der Waals surface area contributed by atoms with Crippen molar-refractivity contribution >= 4 is 5.78 Å². The second-order valence-corrected chi connectivity index (χ2v) is 4.88. The van der Waals surface area contributed by atoms with Crippen molar-refractivity contribution in [3.8, 4) is 23.0 Å². The minimum Gasteiger partial charge on any atom is -0.485 e. The SMILES string of the molecule is O=C(COc1ccc(-c2nnco2)cc1)c1ccc(OC(F)F)cc1. The molecule has 8 heteroatoms. The summed E-state index contributed by atoms with van der Waals surface area (Å²) in [6.07, 6.45) is 1.23. The third-order valence-corrected chi connectivity index (χ3v) is 3.23. The zero-order valence-corrected chi connectivity index (χ0v) is 12.8. The van der Waals surface area contributed by atoms with E-state index in [0.29, 0.717) is 17.2 Å². The van der Waals surface area contributed by atoms with Crippen molar-refractivity contribution in [2.24, 2.45) is 0 Å². The van der Waals surface area contributed by atoms with Gasteiger partial charge in [0.1, 0.15) is 11.5 Å². The van der Waals surface area contributed by atoms with Crippen LogP contribution in [-0.2, 0) is 0 Å². The largest absolute Gasteiger partial charge is 0.485 e. The van der Waals surface area contributed by atoms with Gasteiger partial charge in [0, 0.05) is 11.1 Å². The molecule has 1 heterocycles. The van der Waals surface area contributed by atoms with E-state index in [1.165, 1.54) is 30.7 Å². The molecule has 0 spiro atoms. The van der Waals surface area contributed by atoms with Gasteiger partial charge in [0.05, 0.1) is 0 Å². The van der Waals surface area contributed by atoms with Crippen LogP contribution in [0.15, 0.2) is 59.3 Å². The van der Waals surface area contributed by atoms with Crippen molar-refractivity contribution in [3.63, 3.8) is 0 Å². The van der Waals surface area contributed by atoms with Gasteiger partial charge in [0.2, 0.25) is 12.3 Å². The number of hydrogen-bond acceptors (Lipinski definition) is 6. The van der Waals surface area contributed by atoms with Crippen LogP contribution in [-0.4, -0.2) is 29.2 Å². The average molecular weight is 346 g/mol. The summed E-state index contributed by atoms with van der Waals surface area (Å²) in [5.74, 6) is 0.580. The molecule has 1 aromatic heterocycles. The molecular weight excluding hydrogens is 334 g/mol. The van der Waals surface area contributed by atoms with E-state index in [2.05, 4.69) is 14.9 Å².